The van der Waals surface area contributed by atoms with Crippen LogP contribution in [-0.4, -0.2) is 56.0 Å². The number of amides is 2. The van der Waals surface area contributed by atoms with Crippen LogP contribution in [0.4, 0.5) is 5.69 Å². The Hall–Kier alpha value is -3.35. The van der Waals surface area contributed by atoms with Gasteiger partial charge < -0.3 is 19.9 Å². The highest BCUT2D eigenvalue weighted by atomic mass is 35.5. The lowest BCUT2D eigenvalue weighted by atomic mass is 9.72. The van der Waals surface area contributed by atoms with Crippen molar-refractivity contribution in [3.05, 3.63) is 95.0 Å². The van der Waals surface area contributed by atoms with Crippen LogP contribution in [0.3, 0.4) is 0 Å². The number of benzene rings is 3. The van der Waals surface area contributed by atoms with E-state index in [4.69, 9.17) is 16.3 Å². The van der Waals surface area contributed by atoms with Gasteiger partial charge in [-0.2, -0.15) is 0 Å². The number of carbonyl (C=O) groups is 2. The first-order chi connectivity index (χ1) is 18.0. The van der Waals surface area contributed by atoms with Crippen LogP contribution in [0.2, 0.25) is 5.02 Å². The zero-order chi connectivity index (χ0) is 25.7. The predicted octanol–water partition coefficient (Wildman–Crippen LogP) is 4.46. The molecule has 0 unspecified atom stereocenters. The molecule has 2 amide bonds. The number of rotatable bonds is 8. The lowest BCUT2D eigenvalue weighted by Gasteiger charge is -2.42. The Kier molecular flexibility index (Phi) is 7.77. The molecule has 6 nitrogen and oxygen atoms in total. The molecular weight excluding hydrogens is 486 g/mol. The molecule has 7 heteroatoms. The van der Waals surface area contributed by atoms with E-state index in [9.17, 15) is 9.59 Å². The Labute approximate surface area is 223 Å². The number of ether oxygens (including phenoxy) is 1. The monoisotopic (exact) mass is 517 g/mol. The predicted molar refractivity (Wildman–Crippen MR) is 146 cm³/mol. The highest BCUT2D eigenvalue weighted by molar-refractivity contribution is 6.30. The number of nitrogens with one attached hydrogen (secondary N) is 1. The van der Waals surface area contributed by atoms with Crippen LogP contribution >= 0.6 is 11.6 Å². The molecule has 2 heterocycles. The first kappa shape index (κ1) is 25.3. The maximum absolute atomic E-state index is 13.7. The Bertz CT molecular complexity index is 1220. The van der Waals surface area contributed by atoms with E-state index in [1.165, 1.54) is 5.56 Å². The summed E-state index contributed by atoms with van der Waals surface area (Å²) in [6.45, 7) is 3.55. The van der Waals surface area contributed by atoms with Gasteiger partial charge in [0.1, 0.15) is 5.75 Å². The van der Waals surface area contributed by atoms with E-state index in [1.807, 2.05) is 71.6 Å². The Balaban J connectivity index is 1.24. The van der Waals surface area contributed by atoms with Crippen LogP contribution in [0, 0.1) is 0 Å². The lowest BCUT2D eigenvalue weighted by molar-refractivity contribution is -0.128. The molecule has 37 heavy (non-hydrogen) atoms. The third-order valence-corrected chi connectivity index (χ3v) is 7.78. The van der Waals surface area contributed by atoms with Gasteiger partial charge in [0.2, 0.25) is 5.91 Å². The van der Waals surface area contributed by atoms with Gasteiger partial charge >= 0.3 is 0 Å². The van der Waals surface area contributed by atoms with Gasteiger partial charge in [0.15, 0.2) is 6.61 Å². The smallest absolute Gasteiger partial charge is 0.265 e. The number of hydrogen-bond donors (Lipinski definition) is 1. The maximum atomic E-state index is 13.7. The van der Waals surface area contributed by atoms with Crippen LogP contribution in [0.15, 0.2) is 78.9 Å². The Morgan fingerprint density at radius 1 is 0.919 bits per heavy atom. The van der Waals surface area contributed by atoms with Crippen LogP contribution in [0.1, 0.15) is 24.0 Å². The largest absolute Gasteiger partial charge is 0.482 e. The molecule has 2 aliphatic heterocycles. The molecule has 0 atom stereocenters. The van der Waals surface area contributed by atoms with Crippen molar-refractivity contribution in [2.45, 2.75) is 24.7 Å². The fraction of sp³-hybridized carbons (Fsp3) is 0.333. The Morgan fingerprint density at radius 3 is 2.38 bits per heavy atom. The number of halogens is 1. The second-order valence-corrected chi connectivity index (χ2v) is 10.2. The summed E-state index contributed by atoms with van der Waals surface area (Å²) in [6.07, 6.45) is 2.21. The normalized spacial score (nSPS) is 17.1. The zero-order valence-corrected chi connectivity index (χ0v) is 21.6. The summed E-state index contributed by atoms with van der Waals surface area (Å²) >= 11 is 6.16. The minimum absolute atomic E-state index is 0.0241. The number of nitrogens with zero attached hydrogens (tertiary/aromatic N) is 2. The van der Waals surface area contributed by atoms with Gasteiger partial charge in [-0.05, 0) is 67.7 Å². The molecule has 0 aromatic heterocycles. The summed E-state index contributed by atoms with van der Waals surface area (Å²) in [6, 6.07) is 25.6. The van der Waals surface area contributed by atoms with Gasteiger partial charge in [-0.1, -0.05) is 66.2 Å². The topological polar surface area (TPSA) is 61.9 Å². The maximum Gasteiger partial charge on any atom is 0.265 e. The number of carbonyl (C=O) groups excluding carboxylic acids is 2. The lowest BCUT2D eigenvalue weighted by Crippen LogP contribution is -2.53. The van der Waals surface area contributed by atoms with Crippen LogP contribution in [-0.2, 0) is 21.4 Å². The summed E-state index contributed by atoms with van der Waals surface area (Å²) < 4.78 is 5.57. The average Bonchev–Trinajstić information content (AvgIpc) is 2.94. The molecule has 5 rings (SSSR count). The third-order valence-electron chi connectivity index (χ3n) is 7.53. The van der Waals surface area contributed by atoms with Gasteiger partial charge in [-0.25, -0.2) is 0 Å². The van der Waals surface area contributed by atoms with E-state index in [2.05, 4.69) is 22.3 Å². The van der Waals surface area contributed by atoms with Crippen molar-refractivity contribution >= 4 is 29.1 Å². The van der Waals surface area contributed by atoms with Gasteiger partial charge in [0, 0.05) is 24.7 Å². The molecule has 0 saturated carbocycles. The summed E-state index contributed by atoms with van der Waals surface area (Å²) in [7, 11) is 0. The van der Waals surface area contributed by atoms with E-state index in [1.54, 1.807) is 0 Å². The van der Waals surface area contributed by atoms with E-state index in [-0.39, 0.29) is 18.4 Å². The zero-order valence-electron chi connectivity index (χ0n) is 20.9. The summed E-state index contributed by atoms with van der Waals surface area (Å²) in [5, 5.41) is 3.88. The molecule has 2 aliphatic rings. The van der Waals surface area contributed by atoms with Crippen molar-refractivity contribution in [3.8, 4) is 5.75 Å². The average molecular weight is 518 g/mol. The Morgan fingerprint density at radius 2 is 1.62 bits per heavy atom. The minimum Gasteiger partial charge on any atom is -0.482 e. The fourth-order valence-electron chi connectivity index (χ4n) is 5.35. The molecular formula is C30H32ClN3O3. The molecule has 1 saturated heterocycles. The number of fused-ring (bicyclic) bond motifs is 1. The highest BCUT2D eigenvalue weighted by Gasteiger charge is 2.42. The van der Waals surface area contributed by atoms with Crippen molar-refractivity contribution in [2.24, 2.45) is 0 Å². The van der Waals surface area contributed by atoms with Gasteiger partial charge in [0.05, 0.1) is 11.1 Å². The molecule has 3 aromatic rings. The van der Waals surface area contributed by atoms with E-state index in [0.29, 0.717) is 31.0 Å². The van der Waals surface area contributed by atoms with Crippen LogP contribution in [0.5, 0.6) is 5.75 Å². The molecule has 1 fully saturated rings. The first-order valence-corrected chi connectivity index (χ1v) is 13.3. The van der Waals surface area contributed by atoms with Gasteiger partial charge in [-0.3, -0.25) is 9.59 Å². The highest BCUT2D eigenvalue weighted by Crippen LogP contribution is 2.37. The van der Waals surface area contributed by atoms with E-state index < -0.39 is 5.41 Å². The summed E-state index contributed by atoms with van der Waals surface area (Å²) in [5.74, 6) is 0.793. The minimum atomic E-state index is -0.598. The quantitative estimate of drug-likeness (QED) is 0.479. The first-order valence-electron chi connectivity index (χ1n) is 12.9. The molecule has 1 N–H and O–H groups in total. The number of anilines is 1. The SMILES string of the molecule is O=C1COc2ccccc2N1CCN1CCC(C(=O)NCCc2ccccc2)(c2ccc(Cl)cc2)CC1. The number of likely N-dealkylation sites (tertiary alicyclic amines) is 1. The van der Waals surface area contributed by atoms with Crippen molar-refractivity contribution in [3.63, 3.8) is 0 Å². The fourth-order valence-corrected chi connectivity index (χ4v) is 5.47. The molecule has 3 aromatic carbocycles. The second-order valence-electron chi connectivity index (χ2n) is 9.72. The van der Waals surface area contributed by atoms with Crippen LogP contribution < -0.4 is 15.0 Å². The van der Waals surface area contributed by atoms with Crippen molar-refractivity contribution < 1.29 is 14.3 Å². The number of hydrogen-bond acceptors (Lipinski definition) is 4. The molecule has 0 radical (unpaired) electrons. The van der Waals surface area contributed by atoms with Crippen LogP contribution in [0.25, 0.3) is 0 Å². The molecule has 0 aliphatic carbocycles. The van der Waals surface area contributed by atoms with Gasteiger partial charge in [0.25, 0.3) is 5.91 Å². The molecule has 192 valence electrons. The van der Waals surface area contributed by atoms with Gasteiger partial charge in [-0.15, -0.1) is 0 Å². The van der Waals surface area contributed by atoms with E-state index in [0.717, 1.165) is 43.1 Å². The van der Waals surface area contributed by atoms with Crippen molar-refractivity contribution in [1.29, 1.82) is 0 Å². The molecule has 0 bridgehead atoms. The standard InChI is InChI=1S/C30H32ClN3O3/c31-25-12-10-24(11-13-25)30(29(36)32-17-14-23-6-2-1-3-7-23)15-18-33(19-16-30)20-21-34-26-8-4-5-9-27(26)37-22-28(34)35/h1-13H,14-22H2,(H,32,36). The van der Waals surface area contributed by atoms with E-state index >= 15 is 0 Å². The number of piperidine rings is 1. The number of para-hydroxylation sites is 2. The summed E-state index contributed by atoms with van der Waals surface area (Å²) in [4.78, 5) is 30.4. The van der Waals surface area contributed by atoms with Crippen molar-refractivity contribution in [1.82, 2.24) is 10.2 Å². The second kappa shape index (κ2) is 11.4. The molecule has 0 spiro atoms. The summed E-state index contributed by atoms with van der Waals surface area (Å²) in [5.41, 5.74) is 2.44. The van der Waals surface area contributed by atoms with Crippen molar-refractivity contribution in [2.75, 3.05) is 44.2 Å². The third kappa shape index (κ3) is 5.65.